The van der Waals surface area contributed by atoms with Crippen LogP contribution in [0.4, 0.5) is 0 Å². The molecule has 3 rings (SSSR count). The molecule has 2 atom stereocenters. The molecule has 6 nitrogen and oxygen atoms in total. The molecule has 1 heterocycles. The zero-order valence-electron chi connectivity index (χ0n) is 14.9. The highest BCUT2D eigenvalue weighted by Gasteiger charge is 2.46. The summed E-state index contributed by atoms with van der Waals surface area (Å²) in [5.41, 5.74) is 0.904. The van der Waals surface area contributed by atoms with Crippen molar-refractivity contribution in [1.82, 2.24) is 4.90 Å². The predicted octanol–water partition coefficient (Wildman–Crippen LogP) is 1.98. The summed E-state index contributed by atoms with van der Waals surface area (Å²) in [6.45, 7) is 2.47. The van der Waals surface area contributed by atoms with Gasteiger partial charge in [0, 0.05) is 19.5 Å². The van der Waals surface area contributed by atoms with Crippen LogP contribution >= 0.6 is 0 Å². The first kappa shape index (κ1) is 18.9. The summed E-state index contributed by atoms with van der Waals surface area (Å²) in [6.07, 6.45) is 2.98. The van der Waals surface area contributed by atoms with E-state index in [9.17, 15) is 23.1 Å². The van der Waals surface area contributed by atoms with Crippen molar-refractivity contribution in [2.24, 2.45) is 17.8 Å². The lowest BCUT2D eigenvalue weighted by atomic mass is 9.92. The lowest BCUT2D eigenvalue weighted by molar-refractivity contribution is -0.142. The molecule has 1 aliphatic heterocycles. The highest BCUT2D eigenvalue weighted by atomic mass is 32.2. The van der Waals surface area contributed by atoms with Crippen LogP contribution in [0, 0.1) is 17.8 Å². The molecular formula is C19H25NO5S. The summed E-state index contributed by atoms with van der Waals surface area (Å²) in [6, 6.07) is 6.65. The third kappa shape index (κ3) is 4.09. The fourth-order valence-electron chi connectivity index (χ4n) is 3.74. The third-order valence-corrected chi connectivity index (χ3v) is 7.30. The Morgan fingerprint density at radius 1 is 1.15 bits per heavy atom. The Kier molecular flexibility index (Phi) is 5.37. The Balaban J connectivity index is 1.56. The third-order valence-electron chi connectivity index (χ3n) is 5.55. The van der Waals surface area contributed by atoms with Crippen LogP contribution in [-0.2, 0) is 25.8 Å². The fraction of sp³-hybridized carbons (Fsp3) is 0.579. The molecule has 1 aliphatic carbocycles. The van der Waals surface area contributed by atoms with Crippen molar-refractivity contribution in [2.45, 2.75) is 37.5 Å². The second kappa shape index (κ2) is 7.39. The van der Waals surface area contributed by atoms with Gasteiger partial charge in [-0.25, -0.2) is 8.42 Å². The lowest BCUT2D eigenvalue weighted by Crippen LogP contribution is -2.30. The van der Waals surface area contributed by atoms with Crippen LogP contribution in [-0.4, -0.2) is 49.1 Å². The first-order chi connectivity index (χ1) is 12.3. The van der Waals surface area contributed by atoms with E-state index < -0.39 is 21.7 Å². The standard InChI is InChI=1S/C19H25NO5S/c1-2-26(24,25)15-8-3-13(4-9-15)5-10-18(21)20-11-16(14-6-7-14)17(12-20)19(22)23/h3-4,8-9,14,16-17H,2,5-7,10-12H2,1H3,(H,22,23)/t16-,17+/m1/s1. The number of carboxylic acid groups (broad SMARTS) is 1. The Morgan fingerprint density at radius 2 is 1.81 bits per heavy atom. The van der Waals surface area contributed by atoms with Gasteiger partial charge in [0.05, 0.1) is 16.6 Å². The van der Waals surface area contributed by atoms with E-state index in [4.69, 9.17) is 0 Å². The van der Waals surface area contributed by atoms with Crippen LogP contribution in [0.3, 0.4) is 0 Å². The van der Waals surface area contributed by atoms with E-state index in [-0.39, 0.29) is 17.6 Å². The summed E-state index contributed by atoms with van der Waals surface area (Å²) >= 11 is 0. The maximum absolute atomic E-state index is 12.5. The number of benzene rings is 1. The van der Waals surface area contributed by atoms with E-state index in [2.05, 4.69) is 0 Å². The van der Waals surface area contributed by atoms with E-state index in [1.54, 1.807) is 36.1 Å². The van der Waals surface area contributed by atoms with E-state index >= 15 is 0 Å². The molecule has 1 amide bonds. The minimum absolute atomic E-state index is 0.0235. The molecular weight excluding hydrogens is 354 g/mol. The summed E-state index contributed by atoms with van der Waals surface area (Å²) in [4.78, 5) is 25.9. The average molecular weight is 379 g/mol. The molecule has 7 heteroatoms. The number of amides is 1. The van der Waals surface area contributed by atoms with Gasteiger partial charge in [-0.15, -0.1) is 0 Å². The first-order valence-electron chi connectivity index (χ1n) is 9.14. The minimum atomic E-state index is -3.21. The van der Waals surface area contributed by atoms with Crippen molar-refractivity contribution in [1.29, 1.82) is 0 Å². The number of aryl methyl sites for hydroxylation is 1. The molecule has 142 valence electrons. The maximum Gasteiger partial charge on any atom is 0.308 e. The van der Waals surface area contributed by atoms with Crippen molar-refractivity contribution >= 4 is 21.7 Å². The number of hydrogen-bond acceptors (Lipinski definition) is 4. The van der Waals surface area contributed by atoms with Gasteiger partial charge in [0.1, 0.15) is 0 Å². The molecule has 1 N–H and O–H groups in total. The molecule has 0 bridgehead atoms. The smallest absolute Gasteiger partial charge is 0.308 e. The van der Waals surface area contributed by atoms with Gasteiger partial charge < -0.3 is 10.0 Å². The predicted molar refractivity (Wildman–Crippen MR) is 96.4 cm³/mol. The number of likely N-dealkylation sites (tertiary alicyclic amines) is 1. The molecule has 2 aliphatic rings. The SMILES string of the molecule is CCS(=O)(=O)c1ccc(CCC(=O)N2C[C@H](C(=O)O)[C@@H](C3CC3)C2)cc1. The second-order valence-corrected chi connectivity index (χ2v) is 9.57. The average Bonchev–Trinajstić information content (AvgIpc) is 3.37. The Morgan fingerprint density at radius 3 is 2.35 bits per heavy atom. The largest absolute Gasteiger partial charge is 0.481 e. The normalized spacial score (nSPS) is 23.2. The van der Waals surface area contributed by atoms with E-state index in [1.807, 2.05) is 0 Å². The molecule has 0 radical (unpaired) electrons. The highest BCUT2D eigenvalue weighted by Crippen LogP contribution is 2.44. The number of sulfone groups is 1. The second-order valence-electron chi connectivity index (χ2n) is 7.29. The number of aliphatic carboxylic acids is 1. The van der Waals surface area contributed by atoms with E-state index in [1.165, 1.54) is 0 Å². The van der Waals surface area contributed by atoms with Gasteiger partial charge in [0.2, 0.25) is 5.91 Å². The monoisotopic (exact) mass is 379 g/mol. The molecule has 1 aromatic rings. The first-order valence-corrected chi connectivity index (χ1v) is 10.8. The number of carbonyl (C=O) groups excluding carboxylic acids is 1. The topological polar surface area (TPSA) is 91.8 Å². The Labute approximate surface area is 154 Å². The Bertz CT molecular complexity index is 783. The van der Waals surface area contributed by atoms with Crippen molar-refractivity contribution in [3.8, 4) is 0 Å². The number of rotatable bonds is 7. The van der Waals surface area contributed by atoms with E-state index in [0.29, 0.717) is 36.7 Å². The molecule has 2 fully saturated rings. The quantitative estimate of drug-likeness (QED) is 0.782. The van der Waals surface area contributed by atoms with Crippen molar-refractivity contribution in [3.05, 3.63) is 29.8 Å². The maximum atomic E-state index is 12.5. The van der Waals surface area contributed by atoms with Gasteiger partial charge in [-0.2, -0.15) is 0 Å². The van der Waals surface area contributed by atoms with Gasteiger partial charge in [-0.3, -0.25) is 9.59 Å². The summed E-state index contributed by atoms with van der Waals surface area (Å²) in [7, 11) is -3.21. The lowest BCUT2D eigenvalue weighted by Gasteiger charge is -2.16. The molecule has 1 saturated heterocycles. The van der Waals surface area contributed by atoms with Gasteiger partial charge in [-0.1, -0.05) is 19.1 Å². The molecule has 26 heavy (non-hydrogen) atoms. The molecule has 1 aromatic carbocycles. The highest BCUT2D eigenvalue weighted by molar-refractivity contribution is 7.91. The Hall–Kier alpha value is -1.89. The zero-order valence-corrected chi connectivity index (χ0v) is 15.7. The molecule has 0 unspecified atom stereocenters. The summed E-state index contributed by atoms with van der Waals surface area (Å²) in [5.74, 6) is -0.649. The van der Waals surface area contributed by atoms with Gasteiger partial charge in [-0.05, 0) is 48.8 Å². The summed E-state index contributed by atoms with van der Waals surface area (Å²) in [5, 5.41) is 9.39. The fourth-order valence-corrected chi connectivity index (χ4v) is 4.62. The van der Waals surface area contributed by atoms with Crippen molar-refractivity contribution in [2.75, 3.05) is 18.8 Å². The van der Waals surface area contributed by atoms with Gasteiger partial charge >= 0.3 is 5.97 Å². The molecule has 1 saturated carbocycles. The number of hydrogen-bond donors (Lipinski definition) is 1. The van der Waals surface area contributed by atoms with E-state index in [0.717, 1.165) is 18.4 Å². The van der Waals surface area contributed by atoms with Crippen molar-refractivity contribution in [3.63, 3.8) is 0 Å². The van der Waals surface area contributed by atoms with Crippen LogP contribution in [0.5, 0.6) is 0 Å². The van der Waals surface area contributed by atoms with Crippen LogP contribution in [0.15, 0.2) is 29.2 Å². The van der Waals surface area contributed by atoms with Crippen LogP contribution in [0.25, 0.3) is 0 Å². The minimum Gasteiger partial charge on any atom is -0.481 e. The van der Waals surface area contributed by atoms with Crippen LogP contribution in [0.2, 0.25) is 0 Å². The number of nitrogens with zero attached hydrogens (tertiary/aromatic N) is 1. The van der Waals surface area contributed by atoms with Crippen LogP contribution < -0.4 is 0 Å². The van der Waals surface area contributed by atoms with Gasteiger partial charge in [0.15, 0.2) is 9.84 Å². The number of carbonyl (C=O) groups is 2. The zero-order chi connectivity index (χ0) is 18.9. The number of carboxylic acids is 1. The molecule has 0 aromatic heterocycles. The summed E-state index contributed by atoms with van der Waals surface area (Å²) < 4.78 is 23.6. The molecule has 0 spiro atoms. The van der Waals surface area contributed by atoms with Crippen LogP contribution in [0.1, 0.15) is 31.7 Å². The van der Waals surface area contributed by atoms with Crippen molar-refractivity contribution < 1.29 is 23.1 Å². The van der Waals surface area contributed by atoms with Gasteiger partial charge in [0.25, 0.3) is 0 Å².